The van der Waals surface area contributed by atoms with E-state index in [1.165, 1.54) is 42.5 Å². The first-order valence-electron chi connectivity index (χ1n) is 22.5. The van der Waals surface area contributed by atoms with Crippen molar-refractivity contribution >= 4 is 73.3 Å². The number of nitrogens with zero attached hydrogens (tertiary/aromatic N) is 2. The number of carboxylic acids is 2. The van der Waals surface area contributed by atoms with Gasteiger partial charge in [0.05, 0.1) is 12.1 Å². The van der Waals surface area contributed by atoms with Crippen molar-refractivity contribution in [2.24, 2.45) is 11.5 Å². The number of aliphatic hydroxyl groups is 1. The number of para-hydroxylation sites is 3. The van der Waals surface area contributed by atoms with Crippen LogP contribution in [0.4, 0.5) is 0 Å². The van der Waals surface area contributed by atoms with Gasteiger partial charge in [0.2, 0.25) is 12.1 Å². The summed E-state index contributed by atoms with van der Waals surface area (Å²) < 4.78 is 6.21. The second kappa shape index (κ2) is 19.4. The predicted octanol–water partition coefficient (Wildman–Crippen LogP) is 5.00. The molecule has 0 aliphatic heterocycles. The molecule has 4 heterocycles. The maximum absolute atomic E-state index is 15.5. The highest BCUT2D eigenvalue weighted by Crippen LogP contribution is 2.40. The van der Waals surface area contributed by atoms with Crippen molar-refractivity contribution in [3.63, 3.8) is 0 Å². The van der Waals surface area contributed by atoms with Crippen LogP contribution in [-0.2, 0) is 48.0 Å². The van der Waals surface area contributed by atoms with E-state index in [9.17, 15) is 45.1 Å². The Hall–Kier alpha value is -8.95. The first-order valence-corrected chi connectivity index (χ1v) is 22.5. The van der Waals surface area contributed by atoms with Crippen LogP contribution in [0.1, 0.15) is 40.0 Å². The zero-order valence-corrected chi connectivity index (χ0v) is 38.0. The molecule has 9 rings (SSSR count). The fraction of sp³-hybridized carbons (Fsp3) is 0.173. The fourth-order valence-electron chi connectivity index (χ4n) is 9.37. The quantitative estimate of drug-likeness (QED) is 0.0233. The summed E-state index contributed by atoms with van der Waals surface area (Å²) >= 11 is 0. The van der Waals surface area contributed by atoms with Crippen LogP contribution in [0.3, 0.4) is 0 Å². The van der Waals surface area contributed by atoms with Gasteiger partial charge in [0, 0.05) is 80.4 Å². The number of nitrogens with one attached hydrogen (secondary N) is 4. The Morgan fingerprint density at radius 2 is 1.08 bits per heavy atom. The molecule has 0 saturated heterocycles. The number of aromatic hydroxyl groups is 2. The van der Waals surface area contributed by atoms with Crippen molar-refractivity contribution in [3.05, 3.63) is 168 Å². The number of hydrogen-bond acceptors (Lipinski definition) is 12. The topological polar surface area (TPSA) is 338 Å². The van der Waals surface area contributed by atoms with Gasteiger partial charge in [-0.05, 0) is 83.6 Å². The molecule has 9 aromatic rings. The average molecular weight is 977 g/mol. The molecule has 0 spiro atoms. The number of H-pyrrole nitrogens is 4. The molecule has 0 aliphatic carbocycles. The van der Waals surface area contributed by atoms with Crippen molar-refractivity contribution in [2.45, 2.75) is 55.3 Å². The summed E-state index contributed by atoms with van der Waals surface area (Å²) in [7, 11) is 0. The molecule has 0 aliphatic rings. The SMILES string of the molecule is N[C@@H](Cc1c[nH]c2ccc(O)cc12)C(=O)N([C@@H](Cc1c[nH]c2ccccc12)C(=O)O)[C@@H](OC(=O)[C@@H](c1c[nH]c2ccccc12)[C@@](O)(C(=O)O)N(O)C(=O)[C@@H](N)Cc1c[nH]c2ccccc12)c1cccc(O)c1. The summed E-state index contributed by atoms with van der Waals surface area (Å²) in [6.07, 6.45) is 2.64. The van der Waals surface area contributed by atoms with Gasteiger partial charge in [0.1, 0.15) is 23.5 Å². The number of amides is 2. The van der Waals surface area contributed by atoms with Crippen molar-refractivity contribution in [3.8, 4) is 11.5 Å². The number of ether oxygens (including phenoxy) is 1. The molecule has 0 fully saturated rings. The molecule has 14 N–H and O–H groups in total. The summed E-state index contributed by atoms with van der Waals surface area (Å²) in [5.74, 6) is -11.4. The molecular weight excluding hydrogens is 929 g/mol. The predicted molar refractivity (Wildman–Crippen MR) is 261 cm³/mol. The number of esters is 1. The van der Waals surface area contributed by atoms with Crippen molar-refractivity contribution in [2.75, 3.05) is 0 Å². The van der Waals surface area contributed by atoms with Crippen molar-refractivity contribution in [1.82, 2.24) is 29.9 Å². The minimum absolute atomic E-state index is 0.0871. The van der Waals surface area contributed by atoms with E-state index in [2.05, 4.69) is 19.9 Å². The van der Waals surface area contributed by atoms with Gasteiger partial charge in [-0.2, -0.15) is 5.06 Å². The van der Waals surface area contributed by atoms with Gasteiger partial charge in [0.15, 0.2) is 0 Å². The molecule has 368 valence electrons. The number of phenols is 2. The summed E-state index contributed by atoms with van der Waals surface area (Å²) in [6.45, 7) is 0. The fourth-order valence-corrected chi connectivity index (χ4v) is 9.37. The normalized spacial score (nSPS) is 14.6. The highest BCUT2D eigenvalue weighted by atomic mass is 16.6. The van der Waals surface area contributed by atoms with E-state index in [0.717, 1.165) is 12.3 Å². The monoisotopic (exact) mass is 976 g/mol. The molecule has 6 atom stereocenters. The number of fused-ring (bicyclic) bond motifs is 4. The van der Waals surface area contributed by atoms with Crippen LogP contribution in [0.2, 0.25) is 0 Å². The molecule has 0 bridgehead atoms. The van der Waals surface area contributed by atoms with Crippen LogP contribution in [0.15, 0.2) is 140 Å². The summed E-state index contributed by atoms with van der Waals surface area (Å²) in [5, 5.41) is 69.1. The van der Waals surface area contributed by atoms with E-state index in [0.29, 0.717) is 59.8 Å². The minimum Gasteiger partial charge on any atom is -0.508 e. The highest BCUT2D eigenvalue weighted by Gasteiger charge is 2.59. The first kappa shape index (κ1) is 48.1. The Bertz CT molecular complexity index is 3520. The standard InChI is InChI=1S/C52H48N8O12/c53-38(20-29-24-57-43-17-16-32(62)22-36(29)43)46(63)59(44(49(65)66)21-30-25-56-41-14-5-2-11-34(30)41)48(27-8-7-9-31(61)18-27)72-50(67)45(37-26-58-42-15-6-3-12-35(37)42)52(70,51(68)69)60(71)47(64)39(54)19-28-23-55-40-13-4-1-10-33(28)40/h1-18,22-26,38-39,44-45,48,55-58,61-62,70-71H,19-21,53-54H2,(H,65,66)(H,68,69)/t38-,39-,44-,45+,48-,52+/m0/s1. The Morgan fingerprint density at radius 3 is 1.67 bits per heavy atom. The second-order valence-electron chi connectivity index (χ2n) is 17.5. The van der Waals surface area contributed by atoms with Crippen molar-refractivity contribution < 1.29 is 59.4 Å². The smallest absolute Gasteiger partial charge is 0.361 e. The van der Waals surface area contributed by atoms with Crippen molar-refractivity contribution in [1.29, 1.82) is 0 Å². The van der Waals surface area contributed by atoms with Crippen LogP contribution in [-0.4, -0.2) is 114 Å². The van der Waals surface area contributed by atoms with E-state index < -0.39 is 83.0 Å². The largest absolute Gasteiger partial charge is 0.508 e. The number of aromatic nitrogens is 4. The zero-order chi connectivity index (χ0) is 51.0. The molecule has 2 amide bonds. The van der Waals surface area contributed by atoms with E-state index in [4.69, 9.17) is 16.2 Å². The molecule has 4 aromatic heterocycles. The number of hydroxylamine groups is 2. The molecule has 0 radical (unpaired) electrons. The molecule has 72 heavy (non-hydrogen) atoms. The van der Waals surface area contributed by atoms with E-state index in [1.54, 1.807) is 85.3 Å². The minimum atomic E-state index is -3.94. The van der Waals surface area contributed by atoms with Gasteiger partial charge in [-0.15, -0.1) is 0 Å². The number of phenolic OH excluding ortho intramolecular Hbond substituents is 2. The Balaban J connectivity index is 1.17. The van der Waals surface area contributed by atoms with Crippen LogP contribution in [0.25, 0.3) is 43.6 Å². The maximum Gasteiger partial charge on any atom is 0.361 e. The van der Waals surface area contributed by atoms with Gasteiger partial charge in [-0.3, -0.25) is 24.5 Å². The Labute approximate surface area is 407 Å². The summed E-state index contributed by atoms with van der Waals surface area (Å²) in [6, 6.07) is 24.4. The number of nitrogens with two attached hydrogens (primary N) is 2. The summed E-state index contributed by atoms with van der Waals surface area (Å²) in [4.78, 5) is 85.2. The number of benzene rings is 5. The Morgan fingerprint density at radius 1 is 0.583 bits per heavy atom. The lowest BCUT2D eigenvalue weighted by Gasteiger charge is -2.40. The lowest BCUT2D eigenvalue weighted by molar-refractivity contribution is -0.263. The number of aliphatic carboxylic acids is 2. The van der Waals surface area contributed by atoms with E-state index in [1.807, 2.05) is 0 Å². The highest BCUT2D eigenvalue weighted by molar-refractivity contribution is 5.99. The molecule has 20 heteroatoms. The molecule has 20 nitrogen and oxygen atoms in total. The number of hydrogen-bond donors (Lipinski definition) is 12. The third kappa shape index (κ3) is 8.93. The van der Waals surface area contributed by atoms with Crippen LogP contribution < -0.4 is 11.5 Å². The van der Waals surface area contributed by atoms with Gasteiger partial charge < -0.3 is 61.7 Å². The Kier molecular flexibility index (Phi) is 13.0. The lowest BCUT2D eigenvalue weighted by atomic mass is 9.86. The number of aromatic amines is 4. The lowest BCUT2D eigenvalue weighted by Crippen LogP contribution is -2.64. The average Bonchev–Trinajstić information content (AvgIpc) is 4.18. The molecular formula is C52H48N8O12. The summed E-state index contributed by atoms with van der Waals surface area (Å²) in [5.41, 5.74) is 12.2. The third-order valence-electron chi connectivity index (χ3n) is 13.0. The number of rotatable bonds is 18. The van der Waals surface area contributed by atoms with Gasteiger partial charge in [-0.1, -0.05) is 66.7 Å². The number of carbonyl (C=O) groups is 5. The van der Waals surface area contributed by atoms with Gasteiger partial charge >= 0.3 is 17.9 Å². The molecule has 0 saturated carbocycles. The molecule has 0 unspecified atom stereocenters. The van der Waals surface area contributed by atoms with Gasteiger partial charge in [0.25, 0.3) is 11.6 Å². The van der Waals surface area contributed by atoms with E-state index in [-0.39, 0.29) is 35.1 Å². The van der Waals surface area contributed by atoms with Gasteiger partial charge in [-0.25, -0.2) is 9.59 Å². The third-order valence-corrected chi connectivity index (χ3v) is 13.0. The van der Waals surface area contributed by atoms with Crippen LogP contribution >= 0.6 is 0 Å². The van der Waals surface area contributed by atoms with E-state index >= 15 is 9.59 Å². The maximum atomic E-state index is 15.5. The number of carbonyl (C=O) groups excluding carboxylic acids is 3. The number of carboxylic acid groups (broad SMARTS) is 2. The van der Waals surface area contributed by atoms with Crippen LogP contribution in [0, 0.1) is 0 Å². The van der Waals surface area contributed by atoms with Crippen LogP contribution in [0.5, 0.6) is 11.5 Å². The second-order valence-corrected chi connectivity index (χ2v) is 17.5. The first-order chi connectivity index (χ1) is 34.5. The molecule has 5 aromatic carbocycles. The zero-order valence-electron chi connectivity index (χ0n) is 38.0.